The van der Waals surface area contributed by atoms with E-state index in [0.29, 0.717) is 18.8 Å². The van der Waals surface area contributed by atoms with Crippen LogP contribution >= 0.6 is 0 Å². The van der Waals surface area contributed by atoms with Gasteiger partial charge >= 0.3 is 5.97 Å². The molecule has 0 aliphatic carbocycles. The number of aliphatic carboxylic acids is 1. The average Bonchev–Trinajstić information content (AvgIpc) is 2.33. The maximum atomic E-state index is 11.9. The van der Waals surface area contributed by atoms with Crippen LogP contribution in [0.15, 0.2) is 0 Å². The number of hydrogen-bond acceptors (Lipinski definition) is 2. The van der Waals surface area contributed by atoms with Crippen LogP contribution in [0, 0.1) is 5.92 Å². The summed E-state index contributed by atoms with van der Waals surface area (Å²) in [4.78, 5) is 24.3. The second kappa shape index (κ2) is 7.30. The Kier molecular flexibility index (Phi) is 6.01. The minimum atomic E-state index is -0.737. The second-order valence-electron chi connectivity index (χ2n) is 4.88. The molecule has 1 N–H and O–H groups in total. The molecule has 1 amide bonds. The molecule has 4 heteroatoms. The zero-order valence-electron chi connectivity index (χ0n) is 10.7. The van der Waals surface area contributed by atoms with Gasteiger partial charge in [-0.05, 0) is 31.6 Å². The lowest BCUT2D eigenvalue weighted by atomic mass is 9.93. The number of carbonyl (C=O) groups is 2. The normalized spacial score (nSPS) is 20.3. The molecule has 0 bridgehead atoms. The van der Waals surface area contributed by atoms with Crippen molar-refractivity contribution in [2.24, 2.45) is 5.92 Å². The molecule has 0 aromatic carbocycles. The molecule has 1 saturated heterocycles. The van der Waals surface area contributed by atoms with E-state index >= 15 is 0 Å². The van der Waals surface area contributed by atoms with Crippen molar-refractivity contribution in [1.82, 2.24) is 4.90 Å². The molecule has 0 aromatic heterocycles. The molecule has 17 heavy (non-hydrogen) atoms. The SMILES string of the molecule is CCCCC(=O)N1CCCC(CCC(=O)O)C1. The maximum Gasteiger partial charge on any atom is 0.303 e. The lowest BCUT2D eigenvalue weighted by Gasteiger charge is -2.32. The third kappa shape index (κ3) is 5.20. The van der Waals surface area contributed by atoms with Crippen LogP contribution in [0.1, 0.15) is 51.9 Å². The predicted octanol–water partition coefficient (Wildman–Crippen LogP) is 2.28. The molecule has 0 radical (unpaired) electrons. The highest BCUT2D eigenvalue weighted by Crippen LogP contribution is 2.21. The summed E-state index contributed by atoms with van der Waals surface area (Å²) in [5.74, 6) is -0.114. The Morgan fingerprint density at radius 3 is 2.76 bits per heavy atom. The van der Waals surface area contributed by atoms with Crippen LogP contribution in [-0.2, 0) is 9.59 Å². The third-order valence-corrected chi connectivity index (χ3v) is 3.38. The van der Waals surface area contributed by atoms with E-state index in [1.807, 2.05) is 4.90 Å². The number of amides is 1. The first kappa shape index (κ1) is 14.0. The van der Waals surface area contributed by atoms with E-state index < -0.39 is 5.97 Å². The number of likely N-dealkylation sites (tertiary alicyclic amines) is 1. The number of nitrogens with zero attached hydrogens (tertiary/aromatic N) is 1. The Bertz CT molecular complexity index is 265. The smallest absolute Gasteiger partial charge is 0.303 e. The molecule has 1 rings (SSSR count). The molecular formula is C13H23NO3. The third-order valence-electron chi connectivity index (χ3n) is 3.38. The summed E-state index contributed by atoms with van der Waals surface area (Å²) in [7, 11) is 0. The van der Waals surface area contributed by atoms with Gasteiger partial charge in [-0.2, -0.15) is 0 Å². The minimum absolute atomic E-state index is 0.224. The highest BCUT2D eigenvalue weighted by atomic mass is 16.4. The van der Waals surface area contributed by atoms with Gasteiger partial charge in [-0.15, -0.1) is 0 Å². The number of rotatable bonds is 6. The van der Waals surface area contributed by atoms with Gasteiger partial charge in [0.2, 0.25) is 5.91 Å². The number of unbranched alkanes of at least 4 members (excludes halogenated alkanes) is 1. The summed E-state index contributed by atoms with van der Waals surface area (Å²) in [6, 6.07) is 0. The van der Waals surface area contributed by atoms with Crippen molar-refractivity contribution in [2.45, 2.75) is 51.9 Å². The lowest BCUT2D eigenvalue weighted by molar-refractivity contribution is -0.137. The largest absolute Gasteiger partial charge is 0.481 e. The quantitative estimate of drug-likeness (QED) is 0.776. The molecule has 1 fully saturated rings. The zero-order valence-corrected chi connectivity index (χ0v) is 10.7. The summed E-state index contributed by atoms with van der Waals surface area (Å²) in [6.45, 7) is 3.70. The second-order valence-corrected chi connectivity index (χ2v) is 4.88. The van der Waals surface area contributed by atoms with Crippen molar-refractivity contribution in [3.05, 3.63) is 0 Å². The van der Waals surface area contributed by atoms with Crippen LogP contribution in [0.3, 0.4) is 0 Å². The number of hydrogen-bond donors (Lipinski definition) is 1. The number of piperidine rings is 1. The fraction of sp³-hybridized carbons (Fsp3) is 0.846. The van der Waals surface area contributed by atoms with Gasteiger partial charge in [0.25, 0.3) is 0 Å². The van der Waals surface area contributed by atoms with Crippen LogP contribution in [0.25, 0.3) is 0 Å². The fourth-order valence-corrected chi connectivity index (χ4v) is 2.34. The van der Waals surface area contributed by atoms with Crippen molar-refractivity contribution in [1.29, 1.82) is 0 Å². The molecule has 1 atom stereocenters. The van der Waals surface area contributed by atoms with Crippen molar-refractivity contribution < 1.29 is 14.7 Å². The van der Waals surface area contributed by atoms with Gasteiger partial charge in [0.05, 0.1) is 0 Å². The van der Waals surface area contributed by atoms with Gasteiger partial charge in [0.15, 0.2) is 0 Å². The summed E-state index contributed by atoms with van der Waals surface area (Å²) in [5.41, 5.74) is 0. The first-order chi connectivity index (χ1) is 8.13. The van der Waals surface area contributed by atoms with Crippen LogP contribution in [0.5, 0.6) is 0 Å². The highest BCUT2D eigenvalue weighted by Gasteiger charge is 2.23. The molecule has 0 aromatic rings. The first-order valence-corrected chi connectivity index (χ1v) is 6.63. The summed E-state index contributed by atoms with van der Waals surface area (Å²) < 4.78 is 0. The topological polar surface area (TPSA) is 57.6 Å². The van der Waals surface area contributed by atoms with Crippen molar-refractivity contribution >= 4 is 11.9 Å². The number of carboxylic acids is 1. The summed E-state index contributed by atoms with van der Waals surface area (Å²) >= 11 is 0. The van der Waals surface area contributed by atoms with E-state index in [-0.39, 0.29) is 12.3 Å². The van der Waals surface area contributed by atoms with E-state index in [4.69, 9.17) is 5.11 Å². The molecule has 1 aliphatic heterocycles. The van der Waals surface area contributed by atoms with Crippen molar-refractivity contribution in [3.8, 4) is 0 Å². The fourth-order valence-electron chi connectivity index (χ4n) is 2.34. The van der Waals surface area contributed by atoms with Crippen LogP contribution in [0.4, 0.5) is 0 Å². The molecule has 1 aliphatic rings. The minimum Gasteiger partial charge on any atom is -0.481 e. The molecule has 1 heterocycles. The van der Waals surface area contributed by atoms with E-state index in [9.17, 15) is 9.59 Å². The van der Waals surface area contributed by atoms with Crippen LogP contribution in [0.2, 0.25) is 0 Å². The Morgan fingerprint density at radius 1 is 1.35 bits per heavy atom. The van der Waals surface area contributed by atoms with E-state index in [0.717, 1.165) is 38.8 Å². The molecular weight excluding hydrogens is 218 g/mol. The first-order valence-electron chi connectivity index (χ1n) is 6.63. The van der Waals surface area contributed by atoms with Crippen molar-refractivity contribution in [2.75, 3.05) is 13.1 Å². The predicted molar refractivity (Wildman–Crippen MR) is 65.7 cm³/mol. The van der Waals surface area contributed by atoms with Gasteiger partial charge in [-0.25, -0.2) is 0 Å². The standard InChI is InChI=1S/C13H23NO3/c1-2-3-6-12(15)14-9-4-5-11(10-14)7-8-13(16)17/h11H,2-10H2,1H3,(H,16,17). The van der Waals surface area contributed by atoms with E-state index in [1.165, 1.54) is 0 Å². The van der Waals surface area contributed by atoms with Crippen LogP contribution in [-0.4, -0.2) is 35.0 Å². The highest BCUT2D eigenvalue weighted by molar-refractivity contribution is 5.76. The van der Waals surface area contributed by atoms with Gasteiger partial charge in [-0.3, -0.25) is 9.59 Å². The van der Waals surface area contributed by atoms with Crippen molar-refractivity contribution in [3.63, 3.8) is 0 Å². The Balaban J connectivity index is 2.32. The van der Waals surface area contributed by atoms with Gasteiger partial charge < -0.3 is 10.0 Å². The number of carboxylic acid groups (broad SMARTS) is 1. The molecule has 0 spiro atoms. The molecule has 98 valence electrons. The maximum absolute atomic E-state index is 11.9. The lowest BCUT2D eigenvalue weighted by Crippen LogP contribution is -2.39. The zero-order chi connectivity index (χ0) is 12.7. The summed E-state index contributed by atoms with van der Waals surface area (Å²) in [6.07, 6.45) is 5.64. The number of carbonyl (C=O) groups excluding carboxylic acids is 1. The molecule has 1 unspecified atom stereocenters. The molecule has 0 saturated carbocycles. The molecule has 4 nitrogen and oxygen atoms in total. The average molecular weight is 241 g/mol. The monoisotopic (exact) mass is 241 g/mol. The Hall–Kier alpha value is -1.06. The van der Waals surface area contributed by atoms with Crippen LogP contribution < -0.4 is 0 Å². The van der Waals surface area contributed by atoms with E-state index in [1.54, 1.807) is 0 Å². The Labute approximate surface area is 103 Å². The van der Waals surface area contributed by atoms with Gasteiger partial charge in [-0.1, -0.05) is 13.3 Å². The van der Waals surface area contributed by atoms with Gasteiger partial charge in [0.1, 0.15) is 0 Å². The van der Waals surface area contributed by atoms with E-state index in [2.05, 4.69) is 6.92 Å². The Morgan fingerprint density at radius 2 is 2.12 bits per heavy atom. The van der Waals surface area contributed by atoms with Gasteiger partial charge in [0, 0.05) is 25.9 Å². The summed E-state index contributed by atoms with van der Waals surface area (Å²) in [5, 5.41) is 8.65.